The average Bonchev–Trinajstić information content (AvgIpc) is 2.48. The van der Waals surface area contributed by atoms with Gasteiger partial charge in [-0.05, 0) is 17.3 Å². The zero-order valence-electron chi connectivity index (χ0n) is 10.1. The van der Waals surface area contributed by atoms with Crippen LogP contribution < -0.4 is 11.1 Å². The second-order valence-corrected chi connectivity index (χ2v) is 5.52. The Morgan fingerprint density at radius 1 is 1.47 bits per heavy atom. The van der Waals surface area contributed by atoms with Crippen molar-refractivity contribution in [3.05, 3.63) is 12.7 Å². The summed E-state index contributed by atoms with van der Waals surface area (Å²) in [6.45, 7) is 12.2. The van der Waals surface area contributed by atoms with E-state index in [0.717, 1.165) is 0 Å². The molecule has 1 atom stereocenters. The molecule has 86 valence electrons. The van der Waals surface area contributed by atoms with E-state index in [4.69, 9.17) is 5.73 Å². The topological polar surface area (TPSA) is 55.1 Å². The van der Waals surface area contributed by atoms with Crippen LogP contribution in [-0.2, 0) is 4.79 Å². The highest BCUT2D eigenvalue weighted by Crippen LogP contribution is 2.62. The third kappa shape index (κ3) is 1.93. The lowest BCUT2D eigenvalue weighted by atomic mass is 10.0. The van der Waals surface area contributed by atoms with E-state index in [2.05, 4.69) is 39.6 Å². The Morgan fingerprint density at radius 2 is 1.93 bits per heavy atom. The Kier molecular flexibility index (Phi) is 2.97. The van der Waals surface area contributed by atoms with Gasteiger partial charge in [0, 0.05) is 6.04 Å². The summed E-state index contributed by atoms with van der Waals surface area (Å²) in [5, 5.41) is 3.01. The lowest BCUT2D eigenvalue weighted by Crippen LogP contribution is -2.42. The van der Waals surface area contributed by atoms with Crippen LogP contribution >= 0.6 is 0 Å². The molecule has 15 heavy (non-hydrogen) atoms. The largest absolute Gasteiger partial charge is 0.351 e. The van der Waals surface area contributed by atoms with Crippen molar-refractivity contribution in [3.8, 4) is 0 Å². The first-order chi connectivity index (χ1) is 6.75. The fraction of sp³-hybridized carbons (Fsp3) is 0.750. The van der Waals surface area contributed by atoms with E-state index in [1.54, 1.807) is 6.08 Å². The predicted molar refractivity (Wildman–Crippen MR) is 62.3 cm³/mol. The molecule has 0 aromatic heterocycles. The second kappa shape index (κ2) is 3.63. The van der Waals surface area contributed by atoms with E-state index < -0.39 is 6.04 Å². The summed E-state index contributed by atoms with van der Waals surface area (Å²) in [6, 6.07) is -0.233. The number of rotatable bonds is 4. The van der Waals surface area contributed by atoms with Crippen LogP contribution in [0.25, 0.3) is 0 Å². The van der Waals surface area contributed by atoms with Crippen molar-refractivity contribution in [2.75, 3.05) is 0 Å². The van der Waals surface area contributed by atoms with Gasteiger partial charge in [-0.3, -0.25) is 4.79 Å². The molecule has 1 rings (SSSR count). The molecular weight excluding hydrogens is 188 g/mol. The van der Waals surface area contributed by atoms with Gasteiger partial charge in [-0.1, -0.05) is 33.8 Å². The molecule has 0 spiro atoms. The molecule has 0 aromatic carbocycles. The maximum atomic E-state index is 11.7. The van der Waals surface area contributed by atoms with Gasteiger partial charge in [0.05, 0.1) is 6.04 Å². The van der Waals surface area contributed by atoms with Gasteiger partial charge in [0.1, 0.15) is 0 Å². The van der Waals surface area contributed by atoms with Gasteiger partial charge < -0.3 is 11.1 Å². The fourth-order valence-corrected chi connectivity index (χ4v) is 2.09. The number of amides is 1. The minimum Gasteiger partial charge on any atom is -0.351 e. The number of carbonyl (C=O) groups excluding carboxylic acids is 1. The van der Waals surface area contributed by atoms with Gasteiger partial charge in [-0.2, -0.15) is 0 Å². The molecule has 0 aliphatic heterocycles. The molecule has 0 aromatic rings. The van der Waals surface area contributed by atoms with Crippen LogP contribution in [0.5, 0.6) is 0 Å². The molecule has 1 aliphatic carbocycles. The molecule has 0 heterocycles. The summed E-state index contributed by atoms with van der Waals surface area (Å²) in [6.07, 6.45) is 2.20. The summed E-state index contributed by atoms with van der Waals surface area (Å²) < 4.78 is 0. The highest BCUT2D eigenvalue weighted by molar-refractivity contribution is 5.82. The standard InChI is InChI=1S/C12H22N2O/c1-6-7-8(13)9(15)14-10-11(2,3)12(10,4)5/h6,8,10H,1,7,13H2,2-5H3,(H,14,15). The first kappa shape index (κ1) is 12.2. The number of hydrogen-bond donors (Lipinski definition) is 2. The lowest BCUT2D eigenvalue weighted by Gasteiger charge is -2.11. The van der Waals surface area contributed by atoms with Crippen molar-refractivity contribution in [2.45, 2.75) is 46.2 Å². The highest BCUT2D eigenvalue weighted by atomic mass is 16.2. The normalized spacial score (nSPS) is 24.3. The summed E-state index contributed by atoms with van der Waals surface area (Å²) in [4.78, 5) is 11.7. The van der Waals surface area contributed by atoms with E-state index in [-0.39, 0.29) is 22.8 Å². The monoisotopic (exact) mass is 210 g/mol. The molecule has 3 heteroatoms. The minimum absolute atomic E-state index is 0.0708. The Labute approximate surface area is 92.1 Å². The average molecular weight is 210 g/mol. The van der Waals surface area contributed by atoms with E-state index >= 15 is 0 Å². The van der Waals surface area contributed by atoms with Crippen LogP contribution in [0.4, 0.5) is 0 Å². The maximum absolute atomic E-state index is 11.7. The quantitative estimate of drug-likeness (QED) is 0.690. The molecule has 3 N–H and O–H groups in total. The van der Waals surface area contributed by atoms with Gasteiger partial charge in [0.25, 0.3) is 0 Å². The molecule has 1 saturated carbocycles. The van der Waals surface area contributed by atoms with Crippen LogP contribution in [0, 0.1) is 10.8 Å². The SMILES string of the molecule is C=CCC(N)C(=O)NC1C(C)(C)C1(C)C. The van der Waals surface area contributed by atoms with E-state index in [1.807, 2.05) is 0 Å². The smallest absolute Gasteiger partial charge is 0.237 e. The molecule has 1 fully saturated rings. The van der Waals surface area contributed by atoms with E-state index in [1.165, 1.54) is 0 Å². The number of nitrogens with two attached hydrogens (primary N) is 1. The van der Waals surface area contributed by atoms with Crippen molar-refractivity contribution in [2.24, 2.45) is 16.6 Å². The number of hydrogen-bond acceptors (Lipinski definition) is 2. The molecule has 0 radical (unpaired) electrons. The van der Waals surface area contributed by atoms with Gasteiger partial charge in [-0.25, -0.2) is 0 Å². The number of nitrogens with one attached hydrogen (secondary N) is 1. The number of carbonyl (C=O) groups is 1. The molecule has 0 saturated heterocycles. The Morgan fingerprint density at radius 3 is 2.27 bits per heavy atom. The molecule has 0 bridgehead atoms. The first-order valence-electron chi connectivity index (χ1n) is 5.42. The second-order valence-electron chi connectivity index (χ2n) is 5.52. The minimum atomic E-state index is -0.463. The van der Waals surface area contributed by atoms with Gasteiger partial charge in [0.15, 0.2) is 0 Å². The van der Waals surface area contributed by atoms with Crippen molar-refractivity contribution < 1.29 is 4.79 Å². The maximum Gasteiger partial charge on any atom is 0.237 e. The first-order valence-corrected chi connectivity index (χ1v) is 5.42. The summed E-state index contributed by atoms with van der Waals surface area (Å²) in [7, 11) is 0. The van der Waals surface area contributed by atoms with Crippen molar-refractivity contribution in [3.63, 3.8) is 0 Å². The molecular formula is C12H22N2O. The Balaban J connectivity index is 2.52. The highest BCUT2D eigenvalue weighted by Gasteiger charge is 2.65. The van der Waals surface area contributed by atoms with Crippen molar-refractivity contribution in [1.29, 1.82) is 0 Å². The van der Waals surface area contributed by atoms with Gasteiger partial charge in [0.2, 0.25) is 5.91 Å². The van der Waals surface area contributed by atoms with Crippen LogP contribution in [0.2, 0.25) is 0 Å². The van der Waals surface area contributed by atoms with Crippen LogP contribution in [-0.4, -0.2) is 18.0 Å². The summed E-state index contributed by atoms with van der Waals surface area (Å²) in [5.74, 6) is -0.0708. The van der Waals surface area contributed by atoms with E-state index in [9.17, 15) is 4.79 Å². The lowest BCUT2D eigenvalue weighted by molar-refractivity contribution is -0.122. The van der Waals surface area contributed by atoms with E-state index in [0.29, 0.717) is 6.42 Å². The third-order valence-electron chi connectivity index (χ3n) is 4.06. The van der Waals surface area contributed by atoms with Crippen LogP contribution in [0.1, 0.15) is 34.1 Å². The summed E-state index contributed by atoms with van der Waals surface area (Å²) in [5.41, 5.74) is 6.02. The molecule has 3 nitrogen and oxygen atoms in total. The molecule has 1 aliphatic rings. The van der Waals surface area contributed by atoms with Crippen molar-refractivity contribution in [1.82, 2.24) is 5.32 Å². The van der Waals surface area contributed by atoms with Gasteiger partial charge in [-0.15, -0.1) is 6.58 Å². The zero-order chi connectivity index (χ0) is 11.9. The van der Waals surface area contributed by atoms with Gasteiger partial charge >= 0.3 is 0 Å². The molecule has 1 amide bonds. The predicted octanol–water partition coefficient (Wildman–Crippen LogP) is 1.44. The van der Waals surface area contributed by atoms with Crippen LogP contribution in [0.15, 0.2) is 12.7 Å². The zero-order valence-corrected chi connectivity index (χ0v) is 10.1. The van der Waals surface area contributed by atoms with Crippen LogP contribution in [0.3, 0.4) is 0 Å². The fourth-order valence-electron chi connectivity index (χ4n) is 2.09. The Hall–Kier alpha value is -0.830. The Bertz CT molecular complexity index is 267. The summed E-state index contributed by atoms with van der Waals surface area (Å²) >= 11 is 0. The van der Waals surface area contributed by atoms with Crippen molar-refractivity contribution >= 4 is 5.91 Å². The molecule has 1 unspecified atom stereocenters. The third-order valence-corrected chi connectivity index (χ3v) is 4.06.